The van der Waals surface area contributed by atoms with Crippen molar-refractivity contribution in [2.75, 3.05) is 37.9 Å². The number of nitrogens with one attached hydrogen (secondary N) is 2. The zero-order chi connectivity index (χ0) is 36.3. The van der Waals surface area contributed by atoms with Gasteiger partial charge < -0.3 is 39.2 Å². The summed E-state index contributed by atoms with van der Waals surface area (Å²) in [5.41, 5.74) is 0.125. The minimum atomic E-state index is -1.09. The van der Waals surface area contributed by atoms with Crippen molar-refractivity contribution in [1.29, 1.82) is 0 Å². The molecule has 1 aliphatic heterocycles. The summed E-state index contributed by atoms with van der Waals surface area (Å²) in [5, 5.41) is 5.34. The number of nitrogens with zero attached hydrogens (tertiary/aromatic N) is 1. The second-order valence-electron chi connectivity index (χ2n) is 10.3. The van der Waals surface area contributed by atoms with Gasteiger partial charge in [-0.3, -0.25) is 38.4 Å². The number of ether oxygens (including phenoxy) is 5. The molecule has 1 fully saturated rings. The van der Waals surface area contributed by atoms with Crippen molar-refractivity contribution in [3.8, 4) is 0 Å². The summed E-state index contributed by atoms with van der Waals surface area (Å²) in [6, 6.07) is -1.97. The Morgan fingerprint density at radius 2 is 1.04 bits per heavy atom. The van der Waals surface area contributed by atoms with Gasteiger partial charge in [0.25, 0.3) is 17.7 Å². The van der Waals surface area contributed by atoms with Gasteiger partial charge in [0, 0.05) is 44.7 Å². The van der Waals surface area contributed by atoms with E-state index in [1.54, 1.807) is 0 Å². The van der Waals surface area contributed by atoms with Gasteiger partial charge in [-0.15, -0.1) is 0 Å². The third kappa shape index (κ3) is 12.2. The molecule has 0 spiro atoms. The van der Waals surface area contributed by atoms with Gasteiger partial charge in [0.05, 0.1) is 36.0 Å². The largest absolute Gasteiger partial charge is 0.464 e. The van der Waals surface area contributed by atoms with Crippen LogP contribution in [0.4, 0.5) is 5.69 Å². The highest BCUT2D eigenvalue weighted by Crippen LogP contribution is 2.39. The highest BCUT2D eigenvalue weighted by Gasteiger charge is 2.38. The van der Waals surface area contributed by atoms with Crippen LogP contribution in [0, 0.1) is 10.7 Å². The molecule has 1 aromatic carbocycles. The number of carbonyl (C=O) groups is 8. The van der Waals surface area contributed by atoms with E-state index in [0.29, 0.717) is 6.42 Å². The fourth-order valence-corrected chi connectivity index (χ4v) is 9.04. The van der Waals surface area contributed by atoms with Crippen molar-refractivity contribution in [3.05, 3.63) is 21.8 Å². The van der Waals surface area contributed by atoms with Crippen molar-refractivity contribution in [3.63, 3.8) is 0 Å². The average Bonchev–Trinajstić information content (AvgIpc) is 2.97. The van der Waals surface area contributed by atoms with Crippen LogP contribution in [0.3, 0.4) is 0 Å². The Morgan fingerprint density at radius 3 is 1.38 bits per heavy atom. The molecule has 0 saturated carbocycles. The Hall–Kier alpha value is -2.83. The molecule has 0 aliphatic carbocycles. The third-order valence-corrected chi connectivity index (χ3v) is 9.52. The van der Waals surface area contributed by atoms with Crippen LogP contribution in [-0.2, 0) is 52.5 Å². The summed E-state index contributed by atoms with van der Waals surface area (Å²) in [7, 11) is 0. The van der Waals surface area contributed by atoms with Crippen LogP contribution in [0.1, 0.15) is 68.2 Å². The molecule has 48 heavy (non-hydrogen) atoms. The van der Waals surface area contributed by atoms with E-state index in [4.69, 9.17) is 23.7 Å². The molecule has 0 bridgehead atoms. The number of esters is 5. The fourth-order valence-electron chi connectivity index (χ4n) is 4.31. The summed E-state index contributed by atoms with van der Waals surface area (Å²) < 4.78 is 26.1. The van der Waals surface area contributed by atoms with Gasteiger partial charge in [-0.25, -0.2) is 0 Å². The van der Waals surface area contributed by atoms with Crippen molar-refractivity contribution < 1.29 is 62.0 Å². The van der Waals surface area contributed by atoms with Gasteiger partial charge in [0.2, 0.25) is 0 Å². The van der Waals surface area contributed by atoms with E-state index in [-0.39, 0.29) is 66.9 Å². The van der Waals surface area contributed by atoms with Gasteiger partial charge in [-0.05, 0) is 80.6 Å². The molecule has 1 unspecified atom stereocenters. The van der Waals surface area contributed by atoms with E-state index < -0.39 is 65.8 Å². The molecule has 1 atom stereocenters. The number of amides is 3. The normalized spacial score (nSPS) is 14.2. The molecule has 0 aromatic heterocycles. The van der Waals surface area contributed by atoms with Gasteiger partial charge >= 0.3 is 29.8 Å². The minimum absolute atomic E-state index is 0.0358. The van der Waals surface area contributed by atoms with E-state index in [1.807, 2.05) is 67.8 Å². The first-order chi connectivity index (χ1) is 22.4. The lowest BCUT2D eigenvalue weighted by molar-refractivity contribution is -0.154. The number of anilines is 1. The summed E-state index contributed by atoms with van der Waals surface area (Å²) in [5.74, 6) is -5.27. The highest BCUT2D eigenvalue weighted by molar-refractivity contribution is 14.1. The van der Waals surface area contributed by atoms with E-state index >= 15 is 0 Å². The number of carbonyl (C=O) groups excluding carboxylic acids is 8. The topological polar surface area (TPSA) is 210 Å². The number of piperidine rings is 1. The van der Waals surface area contributed by atoms with Crippen LogP contribution in [-0.4, -0.2) is 98.7 Å². The predicted molar refractivity (Wildman–Crippen MR) is 191 cm³/mol. The Labute approximate surface area is 316 Å². The highest BCUT2D eigenvalue weighted by atomic mass is 127. The predicted octanol–water partition coefficient (Wildman–Crippen LogP) is 2.01. The lowest BCUT2D eigenvalue weighted by Crippen LogP contribution is -2.48. The van der Waals surface area contributed by atoms with Gasteiger partial charge in [0.15, 0.2) is 6.10 Å². The van der Waals surface area contributed by atoms with Crippen LogP contribution in [0.25, 0.3) is 0 Å². The molecule has 2 rings (SSSR count). The second kappa shape index (κ2) is 19.4. The van der Waals surface area contributed by atoms with Gasteiger partial charge in [-0.1, -0.05) is 0 Å². The van der Waals surface area contributed by atoms with E-state index in [2.05, 4.69) is 10.6 Å². The summed E-state index contributed by atoms with van der Waals surface area (Å²) in [4.78, 5) is 101. The van der Waals surface area contributed by atoms with E-state index in [9.17, 15) is 38.4 Å². The summed E-state index contributed by atoms with van der Waals surface area (Å²) in [6.07, 6.45) is -0.384. The first-order valence-corrected chi connectivity index (χ1v) is 17.5. The third-order valence-electron chi connectivity index (χ3n) is 6.34. The maximum absolute atomic E-state index is 14.0. The zero-order valence-corrected chi connectivity index (χ0v) is 33.0. The SMILES string of the molecule is CC(=O)OCC(COC(C)=O)NC(=O)c1c(I)c(C(=O)NC(COC(C)=O)COC(C)=O)c(I)c(N2CCCC(OC(C)=O)C2=O)c1I. The van der Waals surface area contributed by atoms with Gasteiger partial charge in [-0.2, -0.15) is 0 Å². The average molecular weight is 1010 g/mol. The lowest BCUT2D eigenvalue weighted by atomic mass is 10.0. The maximum atomic E-state index is 14.0. The molecule has 19 heteroatoms. The molecular weight excluding hydrogens is 979 g/mol. The van der Waals surface area contributed by atoms with Crippen LogP contribution >= 0.6 is 67.8 Å². The van der Waals surface area contributed by atoms with Crippen molar-refractivity contribution in [2.45, 2.75) is 65.6 Å². The van der Waals surface area contributed by atoms with E-state index in [1.165, 1.54) is 39.5 Å². The minimum Gasteiger partial charge on any atom is -0.464 e. The summed E-state index contributed by atoms with van der Waals surface area (Å²) in [6.45, 7) is 4.67. The molecular formula is C29H34I3N3O13. The first-order valence-electron chi connectivity index (χ1n) is 14.3. The van der Waals surface area contributed by atoms with Crippen molar-refractivity contribution in [2.24, 2.45) is 0 Å². The molecule has 1 heterocycles. The Kier molecular flexibility index (Phi) is 16.7. The molecule has 1 aromatic rings. The molecule has 264 valence electrons. The Balaban J connectivity index is 2.72. The van der Waals surface area contributed by atoms with Crippen LogP contribution < -0.4 is 15.5 Å². The molecule has 1 saturated heterocycles. The number of hydrogen-bond acceptors (Lipinski definition) is 13. The van der Waals surface area contributed by atoms with Gasteiger partial charge in [0.1, 0.15) is 26.4 Å². The second-order valence-corrected chi connectivity index (χ2v) is 13.6. The number of halogens is 3. The van der Waals surface area contributed by atoms with Crippen LogP contribution in [0.5, 0.6) is 0 Å². The van der Waals surface area contributed by atoms with E-state index in [0.717, 1.165) is 0 Å². The smallest absolute Gasteiger partial charge is 0.303 e. The maximum Gasteiger partial charge on any atom is 0.303 e. The Bertz CT molecular complexity index is 1350. The number of benzene rings is 1. The number of hydrogen-bond donors (Lipinski definition) is 2. The standard InChI is InChI=1S/C29H34I3N3O13/c1-13(36)44-9-18(10-45-14(2)37)33-27(41)21-23(30)22(28(42)34-19(11-46-15(3)38)12-47-16(4)39)25(32)26(24(21)31)35-8-6-7-20(29(35)43)48-17(5)40/h18-20H,6-12H2,1-5H3,(H,33,41)(H,34,42). The molecule has 2 N–H and O–H groups in total. The molecule has 16 nitrogen and oxygen atoms in total. The number of rotatable bonds is 14. The molecule has 0 radical (unpaired) electrons. The molecule has 1 aliphatic rings. The quantitative estimate of drug-likeness (QED) is 0.156. The monoisotopic (exact) mass is 1010 g/mol. The van der Waals surface area contributed by atoms with Crippen LogP contribution in [0.15, 0.2) is 0 Å². The van der Waals surface area contributed by atoms with Crippen molar-refractivity contribution in [1.82, 2.24) is 10.6 Å². The molecule has 3 amide bonds. The van der Waals surface area contributed by atoms with Crippen molar-refractivity contribution >= 4 is 121 Å². The Morgan fingerprint density at radius 1 is 0.667 bits per heavy atom. The zero-order valence-electron chi connectivity index (χ0n) is 26.6. The summed E-state index contributed by atoms with van der Waals surface area (Å²) >= 11 is 5.57. The van der Waals surface area contributed by atoms with Crippen LogP contribution in [0.2, 0.25) is 0 Å². The first kappa shape index (κ1) is 41.3. The fraction of sp³-hybridized carbons (Fsp3) is 0.517. The lowest BCUT2D eigenvalue weighted by Gasteiger charge is -2.34.